The van der Waals surface area contributed by atoms with Crippen LogP contribution in [0.25, 0.3) is 21.8 Å². The standard InChI is InChI=1S/C15H15N3O2/c19-15-14-12(11-5-1-2-6-13(11)17-14)8-16-18(15)9-10-4-3-7-20-10/h1-2,5-6,8,10,17H,3-4,7,9H2. The summed E-state index contributed by atoms with van der Waals surface area (Å²) in [5.41, 5.74) is 1.52. The predicted octanol–water partition coefficient (Wildman–Crippen LogP) is 2.06. The molecule has 1 atom stereocenters. The fraction of sp³-hybridized carbons (Fsp3) is 0.333. The Labute approximate surface area is 115 Å². The van der Waals surface area contributed by atoms with E-state index in [1.165, 1.54) is 4.68 Å². The van der Waals surface area contributed by atoms with Crippen LogP contribution in [0.4, 0.5) is 0 Å². The van der Waals surface area contributed by atoms with Crippen LogP contribution in [-0.2, 0) is 11.3 Å². The average molecular weight is 269 g/mol. The van der Waals surface area contributed by atoms with E-state index in [1.54, 1.807) is 6.20 Å². The van der Waals surface area contributed by atoms with Gasteiger partial charge < -0.3 is 9.72 Å². The number of benzene rings is 1. The van der Waals surface area contributed by atoms with Crippen molar-refractivity contribution in [2.24, 2.45) is 0 Å². The first-order valence-electron chi connectivity index (χ1n) is 6.91. The number of aromatic amines is 1. The molecule has 0 radical (unpaired) electrons. The number of ether oxygens (including phenoxy) is 1. The van der Waals surface area contributed by atoms with Gasteiger partial charge in [0.05, 0.1) is 18.8 Å². The zero-order chi connectivity index (χ0) is 13.5. The third kappa shape index (κ3) is 1.74. The molecule has 1 aromatic carbocycles. The number of rotatable bonds is 2. The van der Waals surface area contributed by atoms with Crippen LogP contribution in [0, 0.1) is 0 Å². The lowest BCUT2D eigenvalue weighted by molar-refractivity contribution is 0.0928. The third-order valence-corrected chi connectivity index (χ3v) is 3.92. The van der Waals surface area contributed by atoms with E-state index in [1.807, 2.05) is 24.3 Å². The van der Waals surface area contributed by atoms with Crippen molar-refractivity contribution < 1.29 is 4.74 Å². The van der Waals surface area contributed by atoms with Crippen molar-refractivity contribution in [1.82, 2.24) is 14.8 Å². The molecule has 1 aliphatic rings. The maximum absolute atomic E-state index is 12.5. The van der Waals surface area contributed by atoms with Gasteiger partial charge >= 0.3 is 0 Å². The van der Waals surface area contributed by atoms with Gasteiger partial charge in [0, 0.05) is 22.9 Å². The summed E-state index contributed by atoms with van der Waals surface area (Å²) >= 11 is 0. The lowest BCUT2D eigenvalue weighted by atomic mass is 10.2. The fourth-order valence-corrected chi connectivity index (χ4v) is 2.89. The van der Waals surface area contributed by atoms with Gasteiger partial charge in [-0.3, -0.25) is 4.79 Å². The molecule has 0 amide bonds. The van der Waals surface area contributed by atoms with Crippen LogP contribution >= 0.6 is 0 Å². The minimum absolute atomic E-state index is 0.0748. The van der Waals surface area contributed by atoms with Crippen LogP contribution in [0.5, 0.6) is 0 Å². The van der Waals surface area contributed by atoms with E-state index in [4.69, 9.17) is 4.74 Å². The van der Waals surface area contributed by atoms with Crippen LogP contribution in [0.15, 0.2) is 35.3 Å². The van der Waals surface area contributed by atoms with Crippen LogP contribution < -0.4 is 5.56 Å². The maximum Gasteiger partial charge on any atom is 0.291 e. The van der Waals surface area contributed by atoms with Gasteiger partial charge in [-0.25, -0.2) is 4.68 Å². The second kappa shape index (κ2) is 4.45. The molecular formula is C15H15N3O2. The van der Waals surface area contributed by atoms with Crippen molar-refractivity contribution in [3.63, 3.8) is 0 Å². The molecule has 1 saturated heterocycles. The third-order valence-electron chi connectivity index (χ3n) is 3.92. The molecule has 2 aromatic heterocycles. The van der Waals surface area contributed by atoms with Crippen LogP contribution in [0.1, 0.15) is 12.8 Å². The van der Waals surface area contributed by atoms with Crippen molar-refractivity contribution in [2.75, 3.05) is 6.61 Å². The first-order chi connectivity index (χ1) is 9.83. The summed E-state index contributed by atoms with van der Waals surface area (Å²) in [5, 5.41) is 6.22. The molecule has 102 valence electrons. The highest BCUT2D eigenvalue weighted by atomic mass is 16.5. The Morgan fingerprint density at radius 2 is 2.25 bits per heavy atom. The van der Waals surface area contributed by atoms with Crippen LogP contribution in [0.2, 0.25) is 0 Å². The quantitative estimate of drug-likeness (QED) is 0.774. The van der Waals surface area contributed by atoms with E-state index in [2.05, 4.69) is 10.1 Å². The van der Waals surface area contributed by atoms with E-state index in [9.17, 15) is 4.79 Å². The number of H-pyrrole nitrogens is 1. The molecule has 5 heteroatoms. The van der Waals surface area contributed by atoms with E-state index >= 15 is 0 Å². The molecule has 3 aromatic rings. The Hall–Kier alpha value is -2.14. The molecule has 0 spiro atoms. The monoisotopic (exact) mass is 269 g/mol. The number of aromatic nitrogens is 3. The smallest absolute Gasteiger partial charge is 0.291 e. The van der Waals surface area contributed by atoms with Crippen LogP contribution in [-0.4, -0.2) is 27.5 Å². The molecule has 1 fully saturated rings. The maximum atomic E-state index is 12.5. The van der Waals surface area contributed by atoms with Gasteiger partial charge in [0.1, 0.15) is 5.52 Å². The first-order valence-corrected chi connectivity index (χ1v) is 6.91. The van der Waals surface area contributed by atoms with Crippen molar-refractivity contribution in [1.29, 1.82) is 0 Å². The molecule has 0 bridgehead atoms. The molecule has 5 nitrogen and oxygen atoms in total. The zero-order valence-corrected chi connectivity index (χ0v) is 11.0. The Kier molecular flexibility index (Phi) is 2.60. The van der Waals surface area contributed by atoms with Gasteiger partial charge in [0.2, 0.25) is 0 Å². The Balaban J connectivity index is 1.85. The van der Waals surface area contributed by atoms with Crippen molar-refractivity contribution in [2.45, 2.75) is 25.5 Å². The largest absolute Gasteiger partial charge is 0.376 e. The van der Waals surface area contributed by atoms with Gasteiger partial charge in [-0.05, 0) is 18.9 Å². The first kappa shape index (κ1) is 11.7. The zero-order valence-electron chi connectivity index (χ0n) is 11.0. The normalized spacial score (nSPS) is 19.1. The minimum atomic E-state index is -0.0748. The fourth-order valence-electron chi connectivity index (χ4n) is 2.89. The van der Waals surface area contributed by atoms with E-state index in [0.29, 0.717) is 12.1 Å². The Morgan fingerprint density at radius 1 is 1.35 bits per heavy atom. The topological polar surface area (TPSA) is 59.9 Å². The lowest BCUT2D eigenvalue weighted by Crippen LogP contribution is -2.28. The highest BCUT2D eigenvalue weighted by Gasteiger charge is 2.18. The number of hydrogen-bond donors (Lipinski definition) is 1. The van der Waals surface area contributed by atoms with Gasteiger partial charge in [0.25, 0.3) is 5.56 Å². The lowest BCUT2D eigenvalue weighted by Gasteiger charge is -2.10. The highest BCUT2D eigenvalue weighted by molar-refractivity contribution is 6.06. The molecule has 3 heterocycles. The van der Waals surface area contributed by atoms with E-state index < -0.39 is 0 Å². The van der Waals surface area contributed by atoms with Gasteiger partial charge in [-0.1, -0.05) is 18.2 Å². The molecule has 4 rings (SSSR count). The van der Waals surface area contributed by atoms with E-state index in [0.717, 1.165) is 35.7 Å². The Morgan fingerprint density at radius 3 is 3.10 bits per heavy atom. The van der Waals surface area contributed by atoms with Crippen molar-refractivity contribution in [3.8, 4) is 0 Å². The van der Waals surface area contributed by atoms with Crippen molar-refractivity contribution in [3.05, 3.63) is 40.8 Å². The molecule has 1 unspecified atom stereocenters. The van der Waals surface area contributed by atoms with E-state index in [-0.39, 0.29) is 11.7 Å². The predicted molar refractivity (Wildman–Crippen MR) is 76.8 cm³/mol. The summed E-state index contributed by atoms with van der Waals surface area (Å²) in [7, 11) is 0. The molecule has 20 heavy (non-hydrogen) atoms. The van der Waals surface area contributed by atoms with Gasteiger partial charge in [-0.2, -0.15) is 5.10 Å². The highest BCUT2D eigenvalue weighted by Crippen LogP contribution is 2.22. The van der Waals surface area contributed by atoms with Crippen molar-refractivity contribution >= 4 is 21.8 Å². The average Bonchev–Trinajstić information content (AvgIpc) is 3.09. The summed E-state index contributed by atoms with van der Waals surface area (Å²) < 4.78 is 7.08. The summed E-state index contributed by atoms with van der Waals surface area (Å²) in [5.74, 6) is 0. The second-order valence-electron chi connectivity index (χ2n) is 5.23. The number of hydrogen-bond acceptors (Lipinski definition) is 3. The van der Waals surface area contributed by atoms with Crippen LogP contribution in [0.3, 0.4) is 0 Å². The number of fused-ring (bicyclic) bond motifs is 3. The molecule has 0 saturated carbocycles. The van der Waals surface area contributed by atoms with Gasteiger partial charge in [0.15, 0.2) is 0 Å². The SMILES string of the molecule is O=c1c2[nH]c3ccccc3c2cnn1CC1CCCO1. The summed E-state index contributed by atoms with van der Waals surface area (Å²) in [6, 6.07) is 7.89. The second-order valence-corrected chi connectivity index (χ2v) is 5.23. The molecule has 0 aliphatic carbocycles. The molecule has 1 N–H and O–H groups in total. The minimum Gasteiger partial charge on any atom is -0.376 e. The van der Waals surface area contributed by atoms with Gasteiger partial charge in [-0.15, -0.1) is 0 Å². The number of nitrogens with zero attached hydrogens (tertiary/aromatic N) is 2. The molecule has 1 aliphatic heterocycles. The molecular weight excluding hydrogens is 254 g/mol. The number of para-hydroxylation sites is 1. The Bertz CT molecular complexity index is 828. The summed E-state index contributed by atoms with van der Waals surface area (Å²) in [6.07, 6.45) is 3.94. The number of nitrogens with one attached hydrogen (secondary N) is 1. The summed E-state index contributed by atoms with van der Waals surface area (Å²) in [6.45, 7) is 1.32. The summed E-state index contributed by atoms with van der Waals surface area (Å²) in [4.78, 5) is 15.7.